The molecule has 0 saturated heterocycles. The molecular weight excluding hydrogens is 747 g/mol. The maximum atomic E-state index is 14.2. The van der Waals surface area contributed by atoms with E-state index in [1.807, 2.05) is 57.2 Å². The van der Waals surface area contributed by atoms with E-state index >= 15 is 0 Å². The molecule has 1 N–H and O–H groups in total. The number of halogens is 1. The highest BCUT2D eigenvalue weighted by Crippen LogP contribution is 2.37. The van der Waals surface area contributed by atoms with Crippen molar-refractivity contribution in [1.29, 1.82) is 0 Å². The van der Waals surface area contributed by atoms with Crippen molar-refractivity contribution in [1.82, 2.24) is 4.57 Å². The smallest absolute Gasteiger partial charge is 0.338 e. The van der Waals surface area contributed by atoms with Crippen LogP contribution in [-0.2, 0) is 16.1 Å². The number of rotatable bonds is 12. The molecule has 48 heavy (non-hydrogen) atoms. The Morgan fingerprint density at radius 3 is 2.44 bits per heavy atom. The molecule has 0 fully saturated rings. The number of hydrogen-bond acceptors (Lipinski definition) is 9. The number of hydrogen-bond donors (Lipinski definition) is 1. The summed E-state index contributed by atoms with van der Waals surface area (Å²) < 4.78 is 26.4. The molecule has 1 aliphatic rings. The first-order chi connectivity index (χ1) is 23.0. The molecule has 5 rings (SSSR count). The molecule has 4 aromatic rings. The summed E-state index contributed by atoms with van der Waals surface area (Å²) in [5.74, 6) is 0.0711. The van der Waals surface area contributed by atoms with E-state index in [1.54, 1.807) is 36.6 Å². The van der Waals surface area contributed by atoms with Crippen LogP contribution in [0.5, 0.6) is 17.2 Å². The van der Waals surface area contributed by atoms with Crippen molar-refractivity contribution in [3.8, 4) is 17.2 Å². The van der Waals surface area contributed by atoms with Gasteiger partial charge in [-0.1, -0.05) is 41.7 Å². The maximum absolute atomic E-state index is 14.2. The van der Waals surface area contributed by atoms with Crippen LogP contribution in [0.1, 0.15) is 67.7 Å². The van der Waals surface area contributed by atoms with Crippen LogP contribution in [0.2, 0.25) is 0 Å². The zero-order valence-electron chi connectivity index (χ0n) is 27.1. The number of thiazole rings is 1. The SMILES string of the molecule is CCOC(=O)C1=C(C)N=c2s/c(=C/c3cc(I)c(OCc4ccc(C(=O)O)cc4)c(OCC)c3)c(=O)n2[C@H]1c1ccccc1OC(C)C. The zero-order valence-corrected chi connectivity index (χ0v) is 30.1. The van der Waals surface area contributed by atoms with Crippen molar-refractivity contribution in [2.45, 2.75) is 53.4 Å². The second-order valence-electron chi connectivity index (χ2n) is 11.1. The highest BCUT2D eigenvalue weighted by Gasteiger charge is 2.35. The fourth-order valence-electron chi connectivity index (χ4n) is 5.28. The fraction of sp³-hybridized carbons (Fsp3) is 0.278. The number of aromatic nitrogens is 1. The summed E-state index contributed by atoms with van der Waals surface area (Å²) in [6.07, 6.45) is 1.64. The van der Waals surface area contributed by atoms with Gasteiger partial charge in [0.25, 0.3) is 5.56 Å². The Kier molecular flexibility index (Phi) is 11.0. The van der Waals surface area contributed by atoms with Gasteiger partial charge < -0.3 is 24.1 Å². The Morgan fingerprint density at radius 1 is 1.04 bits per heavy atom. The minimum absolute atomic E-state index is 0.135. The Hall–Kier alpha value is -4.43. The molecule has 10 nitrogen and oxygen atoms in total. The van der Waals surface area contributed by atoms with Gasteiger partial charge in [-0.25, -0.2) is 14.6 Å². The van der Waals surface area contributed by atoms with E-state index in [-0.39, 0.29) is 36.0 Å². The molecule has 0 amide bonds. The van der Waals surface area contributed by atoms with Gasteiger partial charge in [-0.2, -0.15) is 0 Å². The molecule has 0 spiro atoms. The average Bonchev–Trinajstić information content (AvgIpc) is 3.34. The molecule has 250 valence electrons. The quantitative estimate of drug-likeness (QED) is 0.140. The van der Waals surface area contributed by atoms with Gasteiger partial charge in [0, 0.05) is 5.56 Å². The maximum Gasteiger partial charge on any atom is 0.338 e. The monoisotopic (exact) mass is 782 g/mol. The van der Waals surface area contributed by atoms with Crippen LogP contribution >= 0.6 is 33.9 Å². The Labute approximate surface area is 295 Å². The van der Waals surface area contributed by atoms with Crippen molar-refractivity contribution in [2.75, 3.05) is 13.2 Å². The predicted octanol–water partition coefficient (Wildman–Crippen LogP) is 5.87. The first-order valence-corrected chi connectivity index (χ1v) is 17.3. The summed E-state index contributed by atoms with van der Waals surface area (Å²) in [6.45, 7) is 9.96. The molecule has 12 heteroatoms. The lowest BCUT2D eigenvalue weighted by Crippen LogP contribution is -2.40. The van der Waals surface area contributed by atoms with Crippen LogP contribution in [0.25, 0.3) is 6.08 Å². The third-order valence-electron chi connectivity index (χ3n) is 7.31. The summed E-state index contributed by atoms with van der Waals surface area (Å²) in [5.41, 5.74) is 2.81. The number of fused-ring (bicyclic) bond motifs is 1. The lowest BCUT2D eigenvalue weighted by molar-refractivity contribution is -0.139. The van der Waals surface area contributed by atoms with Gasteiger partial charge in [-0.15, -0.1) is 0 Å². The van der Waals surface area contributed by atoms with E-state index in [9.17, 15) is 19.5 Å². The topological polar surface area (TPSA) is 126 Å². The molecule has 0 saturated carbocycles. The Balaban J connectivity index is 1.58. The molecule has 0 radical (unpaired) electrons. The van der Waals surface area contributed by atoms with Gasteiger partial charge in [0.2, 0.25) is 0 Å². The van der Waals surface area contributed by atoms with Gasteiger partial charge in [-0.3, -0.25) is 9.36 Å². The van der Waals surface area contributed by atoms with Crippen molar-refractivity contribution >= 4 is 51.9 Å². The molecule has 1 aromatic heterocycles. The molecule has 1 aliphatic heterocycles. The third-order valence-corrected chi connectivity index (χ3v) is 9.09. The fourth-order valence-corrected chi connectivity index (χ4v) is 7.11. The first kappa shape index (κ1) is 34.9. The second-order valence-corrected chi connectivity index (χ2v) is 13.2. The number of para-hydroxylation sites is 1. The van der Waals surface area contributed by atoms with E-state index in [0.29, 0.717) is 50.0 Å². The third kappa shape index (κ3) is 7.49. The van der Waals surface area contributed by atoms with Gasteiger partial charge in [-0.05, 0) is 105 Å². The highest BCUT2D eigenvalue weighted by atomic mass is 127. The number of nitrogens with zero attached hydrogens (tertiary/aromatic N) is 2. The van der Waals surface area contributed by atoms with Crippen molar-refractivity contribution in [3.63, 3.8) is 0 Å². The van der Waals surface area contributed by atoms with Crippen LogP contribution < -0.4 is 29.1 Å². The summed E-state index contributed by atoms with van der Waals surface area (Å²) in [7, 11) is 0. The first-order valence-electron chi connectivity index (χ1n) is 15.4. The minimum atomic E-state index is -0.992. The normalized spacial score (nSPS) is 14.4. The largest absolute Gasteiger partial charge is 0.491 e. The van der Waals surface area contributed by atoms with Crippen LogP contribution in [0.3, 0.4) is 0 Å². The lowest BCUT2D eigenvalue weighted by atomic mass is 9.95. The van der Waals surface area contributed by atoms with Crippen LogP contribution in [0.15, 0.2) is 81.7 Å². The van der Waals surface area contributed by atoms with Gasteiger partial charge in [0.15, 0.2) is 16.3 Å². The molecule has 0 unspecified atom stereocenters. The molecule has 1 atom stereocenters. The molecular formula is C36H35IN2O8S. The average molecular weight is 783 g/mol. The number of esters is 1. The minimum Gasteiger partial charge on any atom is -0.491 e. The van der Waals surface area contributed by atoms with Crippen molar-refractivity contribution in [3.05, 3.63) is 117 Å². The number of carboxylic acids is 1. The van der Waals surface area contributed by atoms with Crippen molar-refractivity contribution < 1.29 is 33.6 Å². The van der Waals surface area contributed by atoms with Crippen LogP contribution in [-0.4, -0.2) is 40.9 Å². The van der Waals surface area contributed by atoms with Gasteiger partial charge >= 0.3 is 11.9 Å². The summed E-state index contributed by atoms with van der Waals surface area (Å²) >= 11 is 3.40. The number of carbonyl (C=O) groups is 2. The number of aromatic carboxylic acids is 1. The van der Waals surface area contributed by atoms with E-state index in [2.05, 4.69) is 27.6 Å². The van der Waals surface area contributed by atoms with Gasteiger partial charge in [0.1, 0.15) is 18.4 Å². The number of allylic oxidation sites excluding steroid dienone is 1. The van der Waals surface area contributed by atoms with E-state index in [4.69, 9.17) is 18.9 Å². The molecule has 2 heterocycles. The summed E-state index contributed by atoms with van der Waals surface area (Å²) in [4.78, 5) is 43.9. The summed E-state index contributed by atoms with van der Waals surface area (Å²) in [5, 5.41) is 9.18. The lowest BCUT2D eigenvalue weighted by Gasteiger charge is -2.26. The number of benzene rings is 3. The Bertz CT molecular complexity index is 2060. The van der Waals surface area contributed by atoms with Gasteiger partial charge in [0.05, 0.1) is 44.3 Å². The van der Waals surface area contributed by atoms with E-state index in [0.717, 1.165) is 9.13 Å². The van der Waals surface area contributed by atoms with Crippen LogP contribution in [0, 0.1) is 3.57 Å². The predicted molar refractivity (Wildman–Crippen MR) is 191 cm³/mol. The highest BCUT2D eigenvalue weighted by molar-refractivity contribution is 14.1. The molecule has 0 bridgehead atoms. The van der Waals surface area contributed by atoms with Crippen molar-refractivity contribution in [2.24, 2.45) is 4.99 Å². The van der Waals surface area contributed by atoms with E-state index in [1.165, 1.54) is 23.5 Å². The molecule has 0 aliphatic carbocycles. The van der Waals surface area contributed by atoms with Crippen LogP contribution in [0.4, 0.5) is 0 Å². The number of carbonyl (C=O) groups excluding carboxylic acids is 1. The Morgan fingerprint density at radius 2 is 1.77 bits per heavy atom. The standard InChI is InChI=1S/C36H35IN2O8S/c1-6-44-28-17-23(16-26(37)32(28)46-19-22-12-14-24(15-13-22)34(41)42)18-29-33(40)39-31(25-10-8-9-11-27(25)47-20(3)4)30(35(43)45-7-2)21(5)38-36(39)48-29/h8-18,20,31H,6-7,19H2,1-5H3,(H,41,42)/b29-18+/t31-/m0/s1. The second kappa shape index (κ2) is 15.2. The zero-order chi connectivity index (χ0) is 34.5. The van der Waals surface area contributed by atoms with E-state index < -0.39 is 18.0 Å². The number of carboxylic acid groups (broad SMARTS) is 1. The number of ether oxygens (including phenoxy) is 4. The summed E-state index contributed by atoms with van der Waals surface area (Å²) in [6, 6.07) is 16.8. The molecule has 3 aromatic carbocycles.